The number of thioether (sulfide) groups is 1. The van der Waals surface area contributed by atoms with Gasteiger partial charge in [-0.15, -0.1) is 0 Å². The maximum absolute atomic E-state index is 13.0. The number of ketones is 1. The molecule has 0 bridgehead atoms. The van der Waals surface area contributed by atoms with Gasteiger partial charge in [0, 0.05) is 6.42 Å². The molecule has 0 aromatic heterocycles. The van der Waals surface area contributed by atoms with E-state index in [-0.39, 0.29) is 17.8 Å². The summed E-state index contributed by atoms with van der Waals surface area (Å²) in [5, 5.41) is 0. The van der Waals surface area contributed by atoms with Gasteiger partial charge >= 0.3 is 0 Å². The average molecular weight is 216 g/mol. The van der Waals surface area contributed by atoms with E-state index in [0.717, 1.165) is 18.2 Å². The van der Waals surface area contributed by atoms with Crippen LogP contribution in [0.5, 0.6) is 0 Å². The van der Waals surface area contributed by atoms with Crippen LogP contribution in [0.15, 0.2) is 18.2 Å². The van der Waals surface area contributed by atoms with Crippen LogP contribution in [0.4, 0.5) is 8.78 Å². The highest BCUT2D eigenvalue weighted by Crippen LogP contribution is 2.11. The van der Waals surface area contributed by atoms with Crippen LogP contribution in [-0.4, -0.2) is 17.8 Å². The van der Waals surface area contributed by atoms with Crippen LogP contribution in [-0.2, 0) is 11.2 Å². The summed E-state index contributed by atoms with van der Waals surface area (Å²) < 4.78 is 25.7. The number of rotatable bonds is 4. The van der Waals surface area contributed by atoms with Gasteiger partial charge in [0.25, 0.3) is 0 Å². The first-order chi connectivity index (χ1) is 6.63. The molecule has 0 aliphatic heterocycles. The maximum Gasteiger partial charge on any atom is 0.147 e. The molecule has 14 heavy (non-hydrogen) atoms. The van der Waals surface area contributed by atoms with Crippen molar-refractivity contribution in [3.63, 3.8) is 0 Å². The van der Waals surface area contributed by atoms with E-state index in [4.69, 9.17) is 0 Å². The van der Waals surface area contributed by atoms with Crippen LogP contribution in [0.3, 0.4) is 0 Å². The van der Waals surface area contributed by atoms with Crippen molar-refractivity contribution in [3.05, 3.63) is 35.4 Å². The highest BCUT2D eigenvalue weighted by Gasteiger charge is 2.08. The Bertz CT molecular complexity index is 339. The van der Waals surface area contributed by atoms with Crippen LogP contribution in [0, 0.1) is 11.6 Å². The quantitative estimate of drug-likeness (QED) is 0.769. The zero-order valence-electron chi connectivity index (χ0n) is 7.72. The van der Waals surface area contributed by atoms with Crippen LogP contribution < -0.4 is 0 Å². The Morgan fingerprint density at radius 1 is 1.43 bits per heavy atom. The van der Waals surface area contributed by atoms with E-state index in [1.165, 1.54) is 11.8 Å². The van der Waals surface area contributed by atoms with Crippen LogP contribution in [0.2, 0.25) is 0 Å². The number of Topliss-reactive ketones (excluding diaryl/α,β-unsaturated/α-hetero) is 1. The number of carbonyl (C=O) groups is 1. The van der Waals surface area contributed by atoms with Gasteiger partial charge in [0.05, 0.1) is 5.75 Å². The topological polar surface area (TPSA) is 17.1 Å². The standard InChI is InChI=1S/C10H10F2OS/c1-14-6-9(13)5-7-4-8(11)2-3-10(7)12/h2-4H,5-6H2,1H3. The first kappa shape index (κ1) is 11.2. The Labute approximate surface area is 85.5 Å². The summed E-state index contributed by atoms with van der Waals surface area (Å²) in [5.41, 5.74) is 0.129. The molecular weight excluding hydrogens is 206 g/mol. The van der Waals surface area contributed by atoms with Crippen molar-refractivity contribution in [1.29, 1.82) is 0 Å². The largest absolute Gasteiger partial charge is 0.298 e. The minimum atomic E-state index is -0.527. The van der Waals surface area contributed by atoms with Gasteiger partial charge in [-0.1, -0.05) is 0 Å². The monoisotopic (exact) mass is 216 g/mol. The first-order valence-electron chi connectivity index (χ1n) is 4.08. The first-order valence-corrected chi connectivity index (χ1v) is 5.47. The minimum Gasteiger partial charge on any atom is -0.298 e. The molecule has 0 fully saturated rings. The van der Waals surface area contributed by atoms with Crippen LogP contribution in [0.1, 0.15) is 5.56 Å². The van der Waals surface area contributed by atoms with Crippen molar-refractivity contribution in [2.24, 2.45) is 0 Å². The molecule has 0 amide bonds. The van der Waals surface area contributed by atoms with Gasteiger partial charge in [0.2, 0.25) is 0 Å². The Morgan fingerprint density at radius 3 is 2.79 bits per heavy atom. The van der Waals surface area contributed by atoms with E-state index in [1.54, 1.807) is 6.26 Å². The molecule has 0 radical (unpaired) electrons. The molecule has 0 saturated heterocycles. The zero-order chi connectivity index (χ0) is 10.6. The van der Waals surface area contributed by atoms with Crippen molar-refractivity contribution in [3.8, 4) is 0 Å². The van der Waals surface area contributed by atoms with E-state index in [9.17, 15) is 13.6 Å². The predicted octanol–water partition coefficient (Wildman–Crippen LogP) is 2.44. The van der Waals surface area contributed by atoms with Gasteiger partial charge in [-0.2, -0.15) is 11.8 Å². The summed E-state index contributed by atoms with van der Waals surface area (Å²) in [4.78, 5) is 11.2. The smallest absolute Gasteiger partial charge is 0.147 e. The molecule has 0 N–H and O–H groups in total. The zero-order valence-corrected chi connectivity index (χ0v) is 8.54. The number of benzene rings is 1. The third-order valence-corrected chi connectivity index (χ3v) is 2.31. The molecule has 0 aliphatic carbocycles. The predicted molar refractivity (Wildman–Crippen MR) is 53.5 cm³/mol. The van der Waals surface area contributed by atoms with Gasteiger partial charge in [-0.05, 0) is 30.0 Å². The molecule has 0 heterocycles. The molecule has 0 spiro atoms. The van der Waals surface area contributed by atoms with Crippen LogP contribution >= 0.6 is 11.8 Å². The lowest BCUT2D eigenvalue weighted by atomic mass is 10.1. The van der Waals surface area contributed by atoms with Crippen molar-refractivity contribution in [2.45, 2.75) is 6.42 Å². The van der Waals surface area contributed by atoms with Gasteiger partial charge < -0.3 is 0 Å². The minimum absolute atomic E-state index is 0.0373. The highest BCUT2D eigenvalue weighted by molar-refractivity contribution is 7.99. The summed E-state index contributed by atoms with van der Waals surface area (Å²) in [5.74, 6) is -0.808. The normalized spacial score (nSPS) is 10.2. The second-order valence-corrected chi connectivity index (χ2v) is 3.75. The highest BCUT2D eigenvalue weighted by atomic mass is 32.2. The van der Waals surface area contributed by atoms with Gasteiger partial charge in [0.1, 0.15) is 17.4 Å². The number of hydrogen-bond donors (Lipinski definition) is 0. The van der Waals surface area contributed by atoms with Crippen LogP contribution in [0.25, 0.3) is 0 Å². The van der Waals surface area contributed by atoms with E-state index < -0.39 is 11.6 Å². The fourth-order valence-electron chi connectivity index (χ4n) is 1.10. The third-order valence-electron chi connectivity index (χ3n) is 1.70. The molecule has 1 aromatic carbocycles. The van der Waals surface area contributed by atoms with E-state index in [0.29, 0.717) is 5.75 Å². The molecular formula is C10H10F2OS. The Morgan fingerprint density at radius 2 is 2.14 bits per heavy atom. The summed E-state index contributed by atoms with van der Waals surface area (Å²) in [6.45, 7) is 0. The number of carbonyl (C=O) groups excluding carboxylic acids is 1. The molecule has 1 nitrogen and oxygen atoms in total. The fourth-order valence-corrected chi connectivity index (χ4v) is 1.53. The summed E-state index contributed by atoms with van der Waals surface area (Å²) in [6.07, 6.45) is 1.75. The molecule has 1 aromatic rings. The molecule has 0 saturated carbocycles. The number of hydrogen-bond acceptors (Lipinski definition) is 2. The van der Waals surface area contributed by atoms with Gasteiger partial charge in [0.15, 0.2) is 0 Å². The average Bonchev–Trinajstić information content (AvgIpc) is 2.12. The van der Waals surface area contributed by atoms with Gasteiger partial charge in [-0.25, -0.2) is 8.78 Å². The van der Waals surface area contributed by atoms with E-state index in [2.05, 4.69) is 0 Å². The van der Waals surface area contributed by atoms with Crippen molar-refractivity contribution in [1.82, 2.24) is 0 Å². The Hall–Kier alpha value is -0.900. The molecule has 1 rings (SSSR count). The lowest BCUT2D eigenvalue weighted by Gasteiger charge is -2.01. The number of halogens is 2. The Balaban J connectivity index is 2.75. The lowest BCUT2D eigenvalue weighted by molar-refractivity contribution is -0.116. The third kappa shape index (κ3) is 3.10. The fraction of sp³-hybridized carbons (Fsp3) is 0.300. The molecule has 0 aliphatic rings. The van der Waals surface area contributed by atoms with Crippen molar-refractivity contribution in [2.75, 3.05) is 12.0 Å². The SMILES string of the molecule is CSCC(=O)Cc1cc(F)ccc1F. The second-order valence-electron chi connectivity index (χ2n) is 2.88. The van der Waals surface area contributed by atoms with E-state index >= 15 is 0 Å². The lowest BCUT2D eigenvalue weighted by Crippen LogP contribution is -2.07. The van der Waals surface area contributed by atoms with Gasteiger partial charge in [-0.3, -0.25) is 4.79 Å². The molecule has 0 unspecified atom stereocenters. The van der Waals surface area contributed by atoms with Crippen molar-refractivity contribution >= 4 is 17.5 Å². The van der Waals surface area contributed by atoms with Crippen molar-refractivity contribution < 1.29 is 13.6 Å². The van der Waals surface area contributed by atoms with E-state index in [1.807, 2.05) is 0 Å². The molecule has 76 valence electrons. The summed E-state index contributed by atoms with van der Waals surface area (Å²) >= 11 is 1.37. The molecule has 4 heteroatoms. The maximum atomic E-state index is 13.0. The Kier molecular flexibility index (Phi) is 4.07. The second kappa shape index (κ2) is 5.10. The summed E-state index contributed by atoms with van der Waals surface area (Å²) in [7, 11) is 0. The summed E-state index contributed by atoms with van der Waals surface area (Å²) in [6, 6.07) is 3.14. The molecule has 0 atom stereocenters.